The zero-order valence-corrected chi connectivity index (χ0v) is 12.7. The van der Waals surface area contributed by atoms with Crippen LogP contribution in [0, 0.1) is 5.82 Å². The minimum atomic E-state index is -0.181. The van der Waals surface area contributed by atoms with Crippen molar-refractivity contribution in [3.63, 3.8) is 0 Å². The second-order valence-electron chi connectivity index (χ2n) is 6.04. The zero-order valence-electron chi connectivity index (χ0n) is 12.7. The molecule has 1 aliphatic rings. The van der Waals surface area contributed by atoms with Crippen molar-refractivity contribution in [2.45, 2.75) is 25.3 Å². The van der Waals surface area contributed by atoms with Crippen LogP contribution in [0.5, 0.6) is 0 Å². The van der Waals surface area contributed by atoms with E-state index in [2.05, 4.69) is 25.1 Å². The molecule has 0 aliphatic carbocycles. The van der Waals surface area contributed by atoms with Gasteiger partial charge in [0.1, 0.15) is 11.3 Å². The van der Waals surface area contributed by atoms with Gasteiger partial charge in [0.05, 0.1) is 5.69 Å². The average molecular weight is 311 g/mol. The van der Waals surface area contributed by atoms with Crippen LogP contribution in [0.25, 0.3) is 11.2 Å². The van der Waals surface area contributed by atoms with Crippen LogP contribution in [0.3, 0.4) is 0 Å². The number of H-pyrrole nitrogens is 1. The molecule has 0 atom stereocenters. The van der Waals surface area contributed by atoms with Gasteiger partial charge in [0.25, 0.3) is 0 Å². The molecule has 118 valence electrons. The number of rotatable bonds is 3. The van der Waals surface area contributed by atoms with Crippen LogP contribution in [-0.4, -0.2) is 38.2 Å². The predicted octanol–water partition coefficient (Wildman–Crippen LogP) is 2.87. The minimum absolute atomic E-state index is 0.181. The largest absolute Gasteiger partial charge is 0.299 e. The van der Waals surface area contributed by atoms with Crippen LogP contribution in [0.4, 0.5) is 4.39 Å². The summed E-state index contributed by atoms with van der Waals surface area (Å²) in [5.74, 6) is 0.265. The lowest BCUT2D eigenvalue weighted by Gasteiger charge is -2.31. The number of aromatic nitrogens is 4. The van der Waals surface area contributed by atoms with E-state index in [1.807, 2.05) is 12.1 Å². The Morgan fingerprint density at radius 1 is 1.09 bits per heavy atom. The van der Waals surface area contributed by atoms with Gasteiger partial charge in [-0.15, -0.1) is 0 Å². The molecule has 3 aromatic rings. The number of nitrogens with one attached hydrogen (secondary N) is 1. The van der Waals surface area contributed by atoms with Gasteiger partial charge in [-0.25, -0.2) is 14.4 Å². The smallest absolute Gasteiger partial charge is 0.199 e. The molecular weight excluding hydrogens is 293 g/mol. The predicted molar refractivity (Wildman–Crippen MR) is 85.3 cm³/mol. The lowest BCUT2D eigenvalue weighted by Crippen LogP contribution is -2.32. The van der Waals surface area contributed by atoms with Crippen molar-refractivity contribution in [2.75, 3.05) is 13.1 Å². The second kappa shape index (κ2) is 6.04. The first-order valence-corrected chi connectivity index (χ1v) is 7.91. The quantitative estimate of drug-likeness (QED) is 0.808. The fourth-order valence-corrected chi connectivity index (χ4v) is 3.28. The van der Waals surface area contributed by atoms with Gasteiger partial charge in [-0.3, -0.25) is 10.00 Å². The molecule has 1 fully saturated rings. The molecule has 2 aromatic heterocycles. The number of likely N-dealkylation sites (tertiary alicyclic amines) is 1. The van der Waals surface area contributed by atoms with Crippen molar-refractivity contribution in [3.8, 4) is 0 Å². The molecule has 6 heteroatoms. The summed E-state index contributed by atoms with van der Waals surface area (Å²) in [6.07, 6.45) is 5.51. The Hall–Kier alpha value is -2.34. The first-order valence-electron chi connectivity index (χ1n) is 7.91. The minimum Gasteiger partial charge on any atom is -0.299 e. The third kappa shape index (κ3) is 2.94. The molecule has 0 amide bonds. The third-order valence-corrected chi connectivity index (χ3v) is 4.53. The van der Waals surface area contributed by atoms with Crippen LogP contribution < -0.4 is 0 Å². The number of piperidine rings is 1. The van der Waals surface area contributed by atoms with Crippen LogP contribution in [-0.2, 0) is 6.54 Å². The van der Waals surface area contributed by atoms with Crippen LogP contribution in [0.15, 0.2) is 36.7 Å². The fraction of sp³-hybridized carbons (Fsp3) is 0.353. The number of nitrogens with zero attached hydrogens (tertiary/aromatic N) is 4. The summed E-state index contributed by atoms with van der Waals surface area (Å²) in [5.41, 5.74) is 3.85. The Morgan fingerprint density at radius 3 is 2.61 bits per heavy atom. The average Bonchev–Trinajstić information content (AvgIpc) is 3.02. The Balaban J connectivity index is 1.42. The summed E-state index contributed by atoms with van der Waals surface area (Å²) in [6, 6.07) is 6.77. The highest BCUT2D eigenvalue weighted by Crippen LogP contribution is 2.30. The summed E-state index contributed by atoms with van der Waals surface area (Å²) >= 11 is 0. The van der Waals surface area contributed by atoms with E-state index >= 15 is 0 Å². The van der Waals surface area contributed by atoms with Crippen molar-refractivity contribution in [3.05, 3.63) is 53.7 Å². The number of halogens is 1. The molecular formula is C17H18FN5. The highest BCUT2D eigenvalue weighted by atomic mass is 19.1. The van der Waals surface area contributed by atoms with Gasteiger partial charge >= 0.3 is 0 Å². The Labute approximate surface area is 133 Å². The molecule has 5 nitrogen and oxygen atoms in total. The topological polar surface area (TPSA) is 57.7 Å². The van der Waals surface area contributed by atoms with E-state index in [4.69, 9.17) is 0 Å². The van der Waals surface area contributed by atoms with Crippen molar-refractivity contribution < 1.29 is 4.39 Å². The number of fused-ring (bicyclic) bond motifs is 1. The summed E-state index contributed by atoms with van der Waals surface area (Å²) in [6.45, 7) is 2.90. The van der Waals surface area contributed by atoms with Crippen molar-refractivity contribution >= 4 is 11.2 Å². The van der Waals surface area contributed by atoms with E-state index in [1.54, 1.807) is 12.4 Å². The van der Waals surface area contributed by atoms with Gasteiger partial charge in [-0.05, 0) is 43.6 Å². The van der Waals surface area contributed by atoms with E-state index in [1.165, 1.54) is 12.1 Å². The Morgan fingerprint density at radius 2 is 1.83 bits per heavy atom. The van der Waals surface area contributed by atoms with Gasteiger partial charge in [0.2, 0.25) is 0 Å². The maximum Gasteiger partial charge on any atom is 0.199 e. The standard InChI is InChI=1S/C17H18FN5/c18-14-3-1-12(2-4-14)11-23-9-5-13(6-10-23)15-16-17(22-21-15)20-8-7-19-16/h1-4,7-8,13H,5-6,9-11H2,(H,20,21,22). The molecule has 1 saturated heterocycles. The van der Waals surface area contributed by atoms with E-state index in [-0.39, 0.29) is 5.82 Å². The SMILES string of the molecule is Fc1ccc(CN2CCC(c3[nH]nc4nccnc34)CC2)cc1. The molecule has 1 N–H and O–H groups in total. The molecule has 4 rings (SSSR count). The third-order valence-electron chi connectivity index (χ3n) is 4.53. The second-order valence-corrected chi connectivity index (χ2v) is 6.04. The Bertz CT molecular complexity index is 790. The number of aromatic amines is 1. The van der Waals surface area contributed by atoms with Gasteiger partial charge in [-0.1, -0.05) is 12.1 Å². The molecule has 1 aromatic carbocycles. The van der Waals surface area contributed by atoms with Crippen molar-refractivity contribution in [1.29, 1.82) is 0 Å². The summed E-state index contributed by atoms with van der Waals surface area (Å²) in [7, 11) is 0. The van der Waals surface area contributed by atoms with Crippen LogP contribution in [0.1, 0.15) is 30.0 Å². The highest BCUT2D eigenvalue weighted by Gasteiger charge is 2.24. The van der Waals surface area contributed by atoms with E-state index in [9.17, 15) is 4.39 Å². The molecule has 1 aliphatic heterocycles. The fourth-order valence-electron chi connectivity index (χ4n) is 3.28. The van der Waals surface area contributed by atoms with Crippen molar-refractivity contribution in [2.24, 2.45) is 0 Å². The lowest BCUT2D eigenvalue weighted by atomic mass is 9.93. The number of benzene rings is 1. The molecule has 0 radical (unpaired) electrons. The summed E-state index contributed by atoms with van der Waals surface area (Å²) < 4.78 is 13.0. The van der Waals surface area contributed by atoms with E-state index in [0.29, 0.717) is 11.6 Å². The van der Waals surface area contributed by atoms with E-state index < -0.39 is 0 Å². The first kappa shape index (κ1) is 14.3. The Kier molecular flexibility index (Phi) is 3.75. The van der Waals surface area contributed by atoms with Crippen LogP contribution in [0.2, 0.25) is 0 Å². The lowest BCUT2D eigenvalue weighted by molar-refractivity contribution is 0.203. The van der Waals surface area contributed by atoms with Crippen LogP contribution >= 0.6 is 0 Å². The van der Waals surface area contributed by atoms with Gasteiger partial charge in [0.15, 0.2) is 5.65 Å². The number of hydrogen-bond donors (Lipinski definition) is 1. The van der Waals surface area contributed by atoms with Crippen molar-refractivity contribution in [1.82, 2.24) is 25.1 Å². The molecule has 0 bridgehead atoms. The summed E-state index contributed by atoms with van der Waals surface area (Å²) in [5, 5.41) is 7.36. The highest BCUT2D eigenvalue weighted by molar-refractivity contribution is 5.72. The zero-order chi connectivity index (χ0) is 15.6. The van der Waals surface area contributed by atoms with Gasteiger partial charge < -0.3 is 0 Å². The van der Waals surface area contributed by atoms with Gasteiger partial charge in [0, 0.05) is 24.9 Å². The molecule has 0 unspecified atom stereocenters. The summed E-state index contributed by atoms with van der Waals surface area (Å²) in [4.78, 5) is 11.0. The number of hydrogen-bond acceptors (Lipinski definition) is 4. The normalized spacial score (nSPS) is 16.9. The molecule has 0 saturated carbocycles. The monoisotopic (exact) mass is 311 g/mol. The molecule has 23 heavy (non-hydrogen) atoms. The molecule has 3 heterocycles. The molecule has 0 spiro atoms. The maximum absolute atomic E-state index is 13.0. The maximum atomic E-state index is 13.0. The van der Waals surface area contributed by atoms with Gasteiger partial charge in [-0.2, -0.15) is 5.10 Å². The first-order chi connectivity index (χ1) is 11.3. The van der Waals surface area contributed by atoms with E-state index in [0.717, 1.165) is 49.2 Å².